The van der Waals surface area contributed by atoms with Gasteiger partial charge in [0.25, 0.3) is 0 Å². The fraction of sp³-hybridized carbons (Fsp3) is 0.364. The standard InChI is InChI=1S/C14H19N.C8H16N.2ClH/c1-3-8-14(9-4-2)15-12-13-10-6-5-7-11-13;1-5-7-9(3,4)8-6-2;;/h3-7,10-11,14-15H,1-2,8-9,12H2;5-6H,1-2,7-8H2,3-4H3;2*1H/q;+1;;/p-1. The first-order valence-corrected chi connectivity index (χ1v) is 8.62. The second-order valence-corrected chi connectivity index (χ2v) is 6.61. The minimum Gasteiger partial charge on any atom is -1.00 e. The van der Waals surface area contributed by atoms with Gasteiger partial charge >= 0.3 is 0 Å². The van der Waals surface area contributed by atoms with Crippen molar-refractivity contribution in [3.05, 3.63) is 86.5 Å². The Labute approximate surface area is 173 Å². The molecule has 0 aliphatic rings. The number of hydrogen-bond acceptors (Lipinski definition) is 0. The quantitative estimate of drug-likeness (QED) is 0.319. The Morgan fingerprint density at radius 1 is 0.846 bits per heavy atom. The fourth-order valence-corrected chi connectivity index (χ4v) is 2.41. The zero-order chi connectivity index (χ0) is 18.3. The molecule has 0 bridgehead atoms. The molecule has 0 saturated carbocycles. The molecule has 0 aliphatic heterocycles. The molecule has 0 spiro atoms. The van der Waals surface area contributed by atoms with Crippen LogP contribution < -0.4 is 30.1 Å². The molecular formula is C22H36Cl2N2. The van der Waals surface area contributed by atoms with Gasteiger partial charge in [-0.15, -0.1) is 13.2 Å². The summed E-state index contributed by atoms with van der Waals surface area (Å²) < 4.78 is 0.951. The van der Waals surface area contributed by atoms with Gasteiger partial charge in [0.15, 0.2) is 0 Å². The van der Waals surface area contributed by atoms with Gasteiger partial charge in [0.05, 0.1) is 33.2 Å². The van der Waals surface area contributed by atoms with Gasteiger partial charge in [-0.3, -0.25) is 0 Å². The maximum Gasteiger partial charge on any atom is 0.101 e. The van der Waals surface area contributed by atoms with Crippen LogP contribution in [0, 0.1) is 0 Å². The van der Waals surface area contributed by atoms with Gasteiger partial charge in [-0.05, 0) is 12.2 Å². The van der Waals surface area contributed by atoms with Crippen molar-refractivity contribution >= 4 is 0 Å². The normalized spacial score (nSPS) is 9.65. The maximum absolute atomic E-state index is 3.78. The summed E-state index contributed by atoms with van der Waals surface area (Å²) in [5.41, 5.74) is 1.37. The molecule has 0 heterocycles. The largest absolute Gasteiger partial charge is 1.00 e. The molecule has 148 valence electrons. The molecule has 0 atom stereocenters. The molecule has 1 aromatic carbocycles. The third kappa shape index (κ3) is 16.2. The SMILES string of the molecule is C=CCC(CC=C)[NH2+]Cc1ccccc1.C=CC[N+](C)(C)CC=C.[Cl-].[Cl-]. The Hall–Kier alpha value is -1.32. The number of halogens is 2. The van der Waals surface area contributed by atoms with Crippen LogP contribution in [-0.2, 0) is 6.54 Å². The summed E-state index contributed by atoms with van der Waals surface area (Å²) >= 11 is 0. The van der Waals surface area contributed by atoms with Gasteiger partial charge in [-0.2, -0.15) is 0 Å². The lowest BCUT2D eigenvalue weighted by atomic mass is 10.1. The van der Waals surface area contributed by atoms with Crippen LogP contribution in [0.15, 0.2) is 81.0 Å². The molecule has 0 aromatic heterocycles. The van der Waals surface area contributed by atoms with Crippen molar-refractivity contribution in [1.29, 1.82) is 0 Å². The Bertz CT molecular complexity index is 462. The molecule has 2 N–H and O–H groups in total. The third-order valence-electron chi connectivity index (χ3n) is 3.72. The molecule has 0 fully saturated rings. The van der Waals surface area contributed by atoms with Crippen LogP contribution in [0.2, 0.25) is 0 Å². The van der Waals surface area contributed by atoms with Crippen LogP contribution in [0.3, 0.4) is 0 Å². The van der Waals surface area contributed by atoms with Gasteiger partial charge < -0.3 is 34.6 Å². The summed E-state index contributed by atoms with van der Waals surface area (Å²) in [5, 5.41) is 2.36. The summed E-state index contributed by atoms with van der Waals surface area (Å²) in [5.74, 6) is 0. The molecule has 1 rings (SSSR count). The molecule has 0 radical (unpaired) electrons. The average Bonchev–Trinajstić information content (AvgIpc) is 2.54. The van der Waals surface area contributed by atoms with Crippen molar-refractivity contribution < 1.29 is 34.6 Å². The monoisotopic (exact) mass is 398 g/mol. The van der Waals surface area contributed by atoms with Gasteiger partial charge in [0.2, 0.25) is 0 Å². The summed E-state index contributed by atoms with van der Waals surface area (Å²) in [4.78, 5) is 0. The highest BCUT2D eigenvalue weighted by Gasteiger charge is 2.08. The molecule has 0 amide bonds. The van der Waals surface area contributed by atoms with E-state index in [0.717, 1.165) is 37.0 Å². The highest BCUT2D eigenvalue weighted by atomic mass is 35.5. The van der Waals surface area contributed by atoms with Crippen molar-refractivity contribution in [2.75, 3.05) is 27.2 Å². The first kappa shape index (κ1) is 29.4. The predicted molar refractivity (Wildman–Crippen MR) is 108 cm³/mol. The van der Waals surface area contributed by atoms with Gasteiger partial charge in [-0.25, -0.2) is 0 Å². The number of hydrogen-bond donors (Lipinski definition) is 1. The number of quaternary nitrogens is 2. The zero-order valence-corrected chi connectivity index (χ0v) is 17.9. The number of benzene rings is 1. The summed E-state index contributed by atoms with van der Waals surface area (Å²) in [6, 6.07) is 11.1. The van der Waals surface area contributed by atoms with Gasteiger partial charge in [0, 0.05) is 18.4 Å². The molecule has 26 heavy (non-hydrogen) atoms. The topological polar surface area (TPSA) is 16.6 Å². The lowest BCUT2D eigenvalue weighted by Crippen LogP contribution is -3.00. The molecule has 0 saturated heterocycles. The Morgan fingerprint density at radius 2 is 1.31 bits per heavy atom. The van der Waals surface area contributed by atoms with E-state index in [1.807, 2.05) is 24.3 Å². The van der Waals surface area contributed by atoms with E-state index in [1.54, 1.807) is 0 Å². The summed E-state index contributed by atoms with van der Waals surface area (Å²) in [6.07, 6.45) is 9.91. The van der Waals surface area contributed by atoms with Crippen molar-refractivity contribution in [2.24, 2.45) is 0 Å². The highest BCUT2D eigenvalue weighted by Crippen LogP contribution is 1.98. The maximum atomic E-state index is 3.78. The molecule has 2 nitrogen and oxygen atoms in total. The number of rotatable bonds is 11. The molecule has 1 aromatic rings. The van der Waals surface area contributed by atoms with E-state index >= 15 is 0 Å². The smallest absolute Gasteiger partial charge is 0.101 e. The van der Waals surface area contributed by atoms with E-state index in [1.165, 1.54) is 5.56 Å². The molecule has 0 aliphatic carbocycles. The Morgan fingerprint density at radius 3 is 1.69 bits per heavy atom. The van der Waals surface area contributed by atoms with E-state index in [2.05, 4.69) is 76.1 Å². The molecular weight excluding hydrogens is 363 g/mol. The minimum absolute atomic E-state index is 0. The van der Waals surface area contributed by atoms with Crippen LogP contribution >= 0.6 is 0 Å². The van der Waals surface area contributed by atoms with Crippen molar-refractivity contribution in [3.63, 3.8) is 0 Å². The highest BCUT2D eigenvalue weighted by molar-refractivity contribution is 5.13. The third-order valence-corrected chi connectivity index (χ3v) is 3.72. The van der Waals surface area contributed by atoms with Crippen LogP contribution in [0.25, 0.3) is 0 Å². The Balaban J connectivity index is -0.000000422. The van der Waals surface area contributed by atoms with Crippen LogP contribution in [0.1, 0.15) is 18.4 Å². The zero-order valence-electron chi connectivity index (χ0n) is 16.4. The van der Waals surface area contributed by atoms with Crippen LogP contribution in [0.5, 0.6) is 0 Å². The van der Waals surface area contributed by atoms with Crippen molar-refractivity contribution in [3.8, 4) is 0 Å². The van der Waals surface area contributed by atoms with E-state index in [-0.39, 0.29) is 24.8 Å². The van der Waals surface area contributed by atoms with Crippen LogP contribution in [-0.4, -0.2) is 37.7 Å². The fourth-order valence-electron chi connectivity index (χ4n) is 2.41. The van der Waals surface area contributed by atoms with Gasteiger partial charge in [0.1, 0.15) is 6.54 Å². The lowest BCUT2D eigenvalue weighted by Gasteiger charge is -2.26. The number of nitrogens with two attached hydrogens (primary N) is 1. The Kier molecular flexibility index (Phi) is 20.9. The molecule has 0 unspecified atom stereocenters. The van der Waals surface area contributed by atoms with E-state index in [9.17, 15) is 0 Å². The second-order valence-electron chi connectivity index (χ2n) is 6.61. The summed E-state index contributed by atoms with van der Waals surface area (Å²) in [6.45, 7) is 18.0. The van der Waals surface area contributed by atoms with E-state index < -0.39 is 0 Å². The van der Waals surface area contributed by atoms with Crippen molar-refractivity contribution in [2.45, 2.75) is 25.4 Å². The first-order chi connectivity index (χ1) is 11.5. The van der Waals surface area contributed by atoms with E-state index in [4.69, 9.17) is 0 Å². The second kappa shape index (κ2) is 18.5. The lowest BCUT2D eigenvalue weighted by molar-refractivity contribution is -0.878. The van der Waals surface area contributed by atoms with E-state index in [0.29, 0.717) is 6.04 Å². The van der Waals surface area contributed by atoms with Crippen molar-refractivity contribution in [1.82, 2.24) is 0 Å². The average molecular weight is 399 g/mol. The number of likely N-dealkylation sites (N-methyl/N-ethyl adjacent to an activating group) is 1. The minimum atomic E-state index is 0. The van der Waals surface area contributed by atoms with Gasteiger partial charge in [-0.1, -0.05) is 55.6 Å². The van der Waals surface area contributed by atoms with Crippen LogP contribution in [0.4, 0.5) is 0 Å². The predicted octanol–water partition coefficient (Wildman–Crippen LogP) is -2.29. The molecule has 4 heteroatoms. The number of nitrogens with zero attached hydrogens (tertiary/aromatic N) is 1. The summed E-state index contributed by atoms with van der Waals surface area (Å²) in [7, 11) is 4.31. The first-order valence-electron chi connectivity index (χ1n) is 8.62.